The molecule has 0 saturated heterocycles. The van der Waals surface area contributed by atoms with Crippen LogP contribution in [0.25, 0.3) is 11.0 Å². The van der Waals surface area contributed by atoms with E-state index in [1.54, 1.807) is 44.2 Å². The van der Waals surface area contributed by atoms with Crippen LogP contribution in [0, 0.1) is 13.8 Å². The number of phenolic OH excluding ortho intramolecular Hbond substituents is 1. The van der Waals surface area contributed by atoms with Crippen molar-refractivity contribution in [2.24, 2.45) is 0 Å². The second kappa shape index (κ2) is 6.92. The predicted octanol–water partition coefficient (Wildman–Crippen LogP) is 3.07. The van der Waals surface area contributed by atoms with Crippen molar-refractivity contribution in [2.45, 2.75) is 20.3 Å². The van der Waals surface area contributed by atoms with Gasteiger partial charge in [-0.25, -0.2) is 4.79 Å². The zero-order valence-corrected chi connectivity index (χ0v) is 15.5. The molecule has 1 aromatic heterocycles. The van der Waals surface area contributed by atoms with Gasteiger partial charge in [0, 0.05) is 11.8 Å². The van der Waals surface area contributed by atoms with E-state index in [1.807, 2.05) is 0 Å². The molecule has 144 valence electrons. The summed E-state index contributed by atoms with van der Waals surface area (Å²) in [5.74, 6) is 0.828. The highest BCUT2D eigenvalue weighted by atomic mass is 16.6. The van der Waals surface area contributed by atoms with Gasteiger partial charge in [0.1, 0.15) is 24.5 Å². The van der Waals surface area contributed by atoms with Gasteiger partial charge >= 0.3 is 5.63 Å². The molecule has 0 saturated carbocycles. The van der Waals surface area contributed by atoms with E-state index >= 15 is 0 Å². The first-order valence-corrected chi connectivity index (χ1v) is 8.88. The minimum absolute atomic E-state index is 0.0183. The lowest BCUT2D eigenvalue weighted by molar-refractivity contribution is -0.115. The maximum atomic E-state index is 12.5. The summed E-state index contributed by atoms with van der Waals surface area (Å²) in [5.41, 5.74) is 1.76. The Morgan fingerprint density at radius 2 is 1.86 bits per heavy atom. The number of hydrogen-bond acceptors (Lipinski definition) is 6. The Balaban J connectivity index is 1.61. The third-order valence-electron chi connectivity index (χ3n) is 4.67. The highest BCUT2D eigenvalue weighted by Gasteiger charge is 2.18. The summed E-state index contributed by atoms with van der Waals surface area (Å²) in [7, 11) is 0. The molecule has 3 aromatic rings. The maximum Gasteiger partial charge on any atom is 0.340 e. The number of phenols is 1. The van der Waals surface area contributed by atoms with Crippen LogP contribution in [-0.2, 0) is 11.2 Å². The minimum Gasteiger partial charge on any atom is -0.507 e. The van der Waals surface area contributed by atoms with Crippen LogP contribution in [-0.4, -0.2) is 24.2 Å². The second-order valence-corrected chi connectivity index (χ2v) is 6.73. The standard InChI is InChI=1S/C21H19NO6/c1-11-7-15(23)20-12(2)14(21(25)28-18(20)8-11)10-19(24)22-13-3-4-16-17(9-13)27-6-5-26-16/h3-4,7-9,23H,5-6,10H2,1-2H3,(H,22,24). The number of amides is 1. The quantitative estimate of drug-likeness (QED) is 0.677. The largest absolute Gasteiger partial charge is 0.507 e. The van der Waals surface area contributed by atoms with Gasteiger partial charge in [-0.3, -0.25) is 4.79 Å². The highest BCUT2D eigenvalue weighted by Crippen LogP contribution is 2.33. The summed E-state index contributed by atoms with van der Waals surface area (Å²) in [6.45, 7) is 4.43. The van der Waals surface area contributed by atoms with Crippen molar-refractivity contribution in [1.82, 2.24) is 0 Å². The van der Waals surface area contributed by atoms with E-state index in [2.05, 4.69) is 5.32 Å². The van der Waals surface area contributed by atoms with Crippen molar-refractivity contribution < 1.29 is 23.8 Å². The van der Waals surface area contributed by atoms with Crippen molar-refractivity contribution in [3.63, 3.8) is 0 Å². The fourth-order valence-electron chi connectivity index (χ4n) is 3.35. The van der Waals surface area contributed by atoms with Gasteiger partial charge in [0.05, 0.1) is 17.4 Å². The molecule has 1 aliphatic rings. The number of ether oxygens (including phenoxy) is 2. The van der Waals surface area contributed by atoms with Crippen LogP contribution in [0.3, 0.4) is 0 Å². The normalized spacial score (nSPS) is 12.8. The van der Waals surface area contributed by atoms with Gasteiger partial charge in [0.15, 0.2) is 11.5 Å². The van der Waals surface area contributed by atoms with Crippen LogP contribution < -0.4 is 20.4 Å². The molecule has 1 amide bonds. The molecule has 2 heterocycles. The van der Waals surface area contributed by atoms with Gasteiger partial charge in [-0.1, -0.05) is 0 Å². The molecule has 7 heteroatoms. The lowest BCUT2D eigenvalue weighted by Gasteiger charge is -2.19. The number of anilines is 1. The Labute approximate surface area is 160 Å². The van der Waals surface area contributed by atoms with Gasteiger partial charge in [0.2, 0.25) is 5.91 Å². The molecule has 4 rings (SSSR count). The molecule has 0 unspecified atom stereocenters. The van der Waals surface area contributed by atoms with Crippen LogP contribution in [0.15, 0.2) is 39.5 Å². The molecular formula is C21H19NO6. The summed E-state index contributed by atoms with van der Waals surface area (Å²) < 4.78 is 16.3. The van der Waals surface area contributed by atoms with E-state index in [4.69, 9.17) is 13.9 Å². The Morgan fingerprint density at radius 3 is 2.64 bits per heavy atom. The maximum absolute atomic E-state index is 12.5. The number of aromatic hydroxyl groups is 1. The molecule has 1 aliphatic heterocycles. The summed E-state index contributed by atoms with van der Waals surface area (Å²) >= 11 is 0. The van der Waals surface area contributed by atoms with Crippen molar-refractivity contribution >= 4 is 22.6 Å². The number of rotatable bonds is 3. The lowest BCUT2D eigenvalue weighted by Crippen LogP contribution is -2.21. The minimum atomic E-state index is -0.590. The molecule has 2 aromatic carbocycles. The highest BCUT2D eigenvalue weighted by molar-refractivity contribution is 5.94. The number of carbonyl (C=O) groups excluding carboxylic acids is 1. The van der Waals surface area contributed by atoms with E-state index in [1.165, 1.54) is 0 Å². The second-order valence-electron chi connectivity index (χ2n) is 6.73. The number of carbonyl (C=O) groups is 1. The number of aryl methyl sites for hydroxylation is 2. The number of benzene rings is 2. The molecule has 0 aliphatic carbocycles. The van der Waals surface area contributed by atoms with Gasteiger partial charge in [-0.05, 0) is 49.2 Å². The third-order valence-corrected chi connectivity index (χ3v) is 4.67. The van der Waals surface area contributed by atoms with Crippen LogP contribution in [0.2, 0.25) is 0 Å². The summed E-state index contributed by atoms with van der Waals surface area (Å²) in [5, 5.41) is 13.4. The average molecular weight is 381 g/mol. The van der Waals surface area contributed by atoms with E-state index in [9.17, 15) is 14.7 Å². The topological polar surface area (TPSA) is 98.0 Å². The fraction of sp³-hybridized carbons (Fsp3) is 0.238. The first kappa shape index (κ1) is 17.9. The molecule has 0 fully saturated rings. The Morgan fingerprint density at radius 1 is 1.11 bits per heavy atom. The van der Waals surface area contributed by atoms with Gasteiger partial charge in [-0.2, -0.15) is 0 Å². The van der Waals surface area contributed by atoms with Gasteiger partial charge in [-0.15, -0.1) is 0 Å². The molecule has 2 N–H and O–H groups in total. The molecule has 0 bridgehead atoms. The third kappa shape index (κ3) is 3.26. The Hall–Kier alpha value is -3.48. The Bertz CT molecular complexity index is 1150. The van der Waals surface area contributed by atoms with Crippen molar-refractivity contribution in [3.8, 4) is 17.2 Å². The van der Waals surface area contributed by atoms with Crippen LogP contribution in [0.4, 0.5) is 5.69 Å². The fourth-order valence-corrected chi connectivity index (χ4v) is 3.35. The van der Waals surface area contributed by atoms with Crippen molar-refractivity contribution in [1.29, 1.82) is 0 Å². The van der Waals surface area contributed by atoms with E-state index in [0.29, 0.717) is 46.9 Å². The van der Waals surface area contributed by atoms with Crippen LogP contribution in [0.1, 0.15) is 16.7 Å². The monoisotopic (exact) mass is 381 g/mol. The summed E-state index contributed by atoms with van der Waals surface area (Å²) in [4.78, 5) is 24.9. The van der Waals surface area contributed by atoms with Crippen molar-refractivity contribution in [2.75, 3.05) is 18.5 Å². The smallest absolute Gasteiger partial charge is 0.340 e. The number of hydrogen-bond donors (Lipinski definition) is 2. The summed E-state index contributed by atoms with van der Waals surface area (Å²) in [6.07, 6.45) is -0.175. The molecule has 7 nitrogen and oxygen atoms in total. The van der Waals surface area contributed by atoms with E-state index < -0.39 is 5.63 Å². The first-order valence-electron chi connectivity index (χ1n) is 8.88. The molecular weight excluding hydrogens is 362 g/mol. The van der Waals surface area contributed by atoms with E-state index in [0.717, 1.165) is 5.56 Å². The average Bonchev–Trinajstić information content (AvgIpc) is 2.64. The molecule has 28 heavy (non-hydrogen) atoms. The van der Waals surface area contributed by atoms with E-state index in [-0.39, 0.29) is 23.6 Å². The molecule has 0 radical (unpaired) electrons. The lowest BCUT2D eigenvalue weighted by atomic mass is 10.0. The zero-order chi connectivity index (χ0) is 19.8. The molecule has 0 spiro atoms. The number of fused-ring (bicyclic) bond motifs is 2. The van der Waals surface area contributed by atoms with Crippen LogP contribution in [0.5, 0.6) is 17.2 Å². The van der Waals surface area contributed by atoms with Gasteiger partial charge in [0.25, 0.3) is 0 Å². The predicted molar refractivity (Wildman–Crippen MR) is 103 cm³/mol. The SMILES string of the molecule is Cc1cc(O)c2c(C)c(CC(=O)Nc3ccc4c(c3)OCCO4)c(=O)oc2c1. The number of nitrogens with one attached hydrogen (secondary N) is 1. The molecule has 0 atom stereocenters. The first-order chi connectivity index (χ1) is 13.4. The van der Waals surface area contributed by atoms with Crippen LogP contribution >= 0.6 is 0 Å². The zero-order valence-electron chi connectivity index (χ0n) is 15.5. The van der Waals surface area contributed by atoms with Gasteiger partial charge < -0.3 is 24.3 Å². The van der Waals surface area contributed by atoms with Crippen molar-refractivity contribution in [3.05, 3.63) is 57.4 Å². The Kier molecular flexibility index (Phi) is 4.43. The summed E-state index contributed by atoms with van der Waals surface area (Å²) in [6, 6.07) is 8.38.